The summed E-state index contributed by atoms with van der Waals surface area (Å²) in [6, 6.07) is 9.24. The van der Waals surface area contributed by atoms with Gasteiger partial charge in [-0.15, -0.1) is 0 Å². The Labute approximate surface area is 110 Å². The van der Waals surface area contributed by atoms with Gasteiger partial charge in [0.2, 0.25) is 0 Å². The molecule has 94 valence electrons. The molecule has 0 fully saturated rings. The molecule has 2 rings (SSSR count). The molecule has 0 unspecified atom stereocenters. The molecule has 18 heavy (non-hydrogen) atoms. The van der Waals surface area contributed by atoms with Gasteiger partial charge in [0.05, 0.1) is 17.4 Å². The van der Waals surface area contributed by atoms with Gasteiger partial charge in [-0.2, -0.15) is 11.3 Å². The number of anilines is 1. The summed E-state index contributed by atoms with van der Waals surface area (Å²) in [5.41, 5.74) is 1.36. The van der Waals surface area contributed by atoms with Crippen molar-refractivity contribution in [1.29, 1.82) is 0 Å². The van der Waals surface area contributed by atoms with Crippen LogP contribution in [0.25, 0.3) is 0 Å². The van der Waals surface area contributed by atoms with E-state index in [0.717, 1.165) is 0 Å². The van der Waals surface area contributed by atoms with E-state index in [1.54, 1.807) is 6.07 Å². The van der Waals surface area contributed by atoms with E-state index in [2.05, 4.69) is 5.32 Å². The fourth-order valence-electron chi connectivity index (χ4n) is 1.51. The number of benzene rings is 1. The molecule has 2 aromatic rings. The van der Waals surface area contributed by atoms with E-state index in [4.69, 9.17) is 4.74 Å². The van der Waals surface area contributed by atoms with E-state index in [-0.39, 0.29) is 12.0 Å². The van der Waals surface area contributed by atoms with Crippen LogP contribution in [0.4, 0.5) is 5.69 Å². The van der Waals surface area contributed by atoms with Crippen LogP contribution in [0.2, 0.25) is 0 Å². The van der Waals surface area contributed by atoms with Crippen molar-refractivity contribution in [1.82, 2.24) is 0 Å². The first-order chi connectivity index (χ1) is 8.66. The second-order valence-corrected chi connectivity index (χ2v) is 4.91. The molecule has 0 spiro atoms. The van der Waals surface area contributed by atoms with E-state index in [1.807, 2.05) is 48.9 Å². The van der Waals surface area contributed by atoms with Crippen LogP contribution >= 0.6 is 11.3 Å². The van der Waals surface area contributed by atoms with Crippen LogP contribution in [-0.2, 0) is 0 Å². The Hall–Kier alpha value is -1.81. The van der Waals surface area contributed by atoms with Gasteiger partial charge in [-0.3, -0.25) is 4.79 Å². The number of thiophene rings is 1. The van der Waals surface area contributed by atoms with E-state index in [9.17, 15) is 4.79 Å². The summed E-state index contributed by atoms with van der Waals surface area (Å²) in [5, 5.41) is 6.56. The quantitative estimate of drug-likeness (QED) is 0.909. The summed E-state index contributed by atoms with van der Waals surface area (Å²) >= 11 is 1.50. The second-order valence-electron chi connectivity index (χ2n) is 4.13. The number of hydrogen-bond donors (Lipinski definition) is 1. The molecule has 1 heterocycles. The van der Waals surface area contributed by atoms with E-state index < -0.39 is 0 Å². The maximum atomic E-state index is 12.0. The third-order valence-electron chi connectivity index (χ3n) is 2.28. The average Bonchev–Trinajstić information content (AvgIpc) is 2.84. The van der Waals surface area contributed by atoms with Crippen molar-refractivity contribution in [3.63, 3.8) is 0 Å². The monoisotopic (exact) mass is 261 g/mol. The Morgan fingerprint density at radius 3 is 2.72 bits per heavy atom. The summed E-state index contributed by atoms with van der Waals surface area (Å²) in [6.45, 7) is 3.91. The molecule has 3 nitrogen and oxygen atoms in total. The summed E-state index contributed by atoms with van der Waals surface area (Å²) in [7, 11) is 0. The Kier molecular flexibility index (Phi) is 3.99. The molecule has 1 amide bonds. The lowest BCUT2D eigenvalue weighted by molar-refractivity contribution is 0.102. The van der Waals surface area contributed by atoms with Crippen LogP contribution in [0, 0.1) is 0 Å². The fourth-order valence-corrected chi connectivity index (χ4v) is 2.15. The molecular weight excluding hydrogens is 246 g/mol. The Balaban J connectivity index is 2.16. The number of amides is 1. The molecule has 1 N–H and O–H groups in total. The second kappa shape index (κ2) is 5.69. The number of nitrogens with one attached hydrogen (secondary N) is 1. The van der Waals surface area contributed by atoms with Crippen molar-refractivity contribution in [2.75, 3.05) is 5.32 Å². The predicted molar refractivity (Wildman–Crippen MR) is 74.5 cm³/mol. The molecule has 1 aromatic heterocycles. The lowest BCUT2D eigenvalue weighted by Crippen LogP contribution is -2.13. The first-order valence-corrected chi connectivity index (χ1v) is 6.70. The third-order valence-corrected chi connectivity index (χ3v) is 2.96. The van der Waals surface area contributed by atoms with Crippen molar-refractivity contribution in [3.05, 3.63) is 46.7 Å². The topological polar surface area (TPSA) is 38.3 Å². The smallest absolute Gasteiger partial charge is 0.256 e. The van der Waals surface area contributed by atoms with Gasteiger partial charge >= 0.3 is 0 Å². The van der Waals surface area contributed by atoms with Gasteiger partial charge in [-0.05, 0) is 37.4 Å². The van der Waals surface area contributed by atoms with Gasteiger partial charge in [-0.1, -0.05) is 12.1 Å². The van der Waals surface area contributed by atoms with Crippen molar-refractivity contribution in [2.45, 2.75) is 20.0 Å². The highest BCUT2D eigenvalue weighted by atomic mass is 32.1. The largest absolute Gasteiger partial charge is 0.489 e. The van der Waals surface area contributed by atoms with Crippen LogP contribution in [0.15, 0.2) is 41.1 Å². The molecule has 0 aliphatic heterocycles. The molecule has 0 atom stereocenters. The van der Waals surface area contributed by atoms with Crippen LogP contribution < -0.4 is 10.1 Å². The first-order valence-electron chi connectivity index (χ1n) is 5.76. The number of ether oxygens (including phenoxy) is 1. The summed E-state index contributed by atoms with van der Waals surface area (Å²) in [6.07, 6.45) is 0.0733. The molecule has 1 aromatic carbocycles. The van der Waals surface area contributed by atoms with E-state index in [1.165, 1.54) is 11.3 Å². The average molecular weight is 261 g/mol. The highest BCUT2D eigenvalue weighted by Gasteiger charge is 2.10. The van der Waals surface area contributed by atoms with Crippen LogP contribution in [0.3, 0.4) is 0 Å². The highest BCUT2D eigenvalue weighted by Crippen LogP contribution is 2.25. The Bertz CT molecular complexity index is 520. The van der Waals surface area contributed by atoms with Crippen molar-refractivity contribution < 1.29 is 9.53 Å². The minimum Gasteiger partial charge on any atom is -0.489 e. The molecule has 4 heteroatoms. The van der Waals surface area contributed by atoms with Crippen molar-refractivity contribution >= 4 is 22.9 Å². The SMILES string of the molecule is CC(C)Oc1ccccc1NC(=O)c1ccsc1. The van der Waals surface area contributed by atoms with Crippen molar-refractivity contribution in [3.8, 4) is 5.75 Å². The predicted octanol–water partition coefficient (Wildman–Crippen LogP) is 3.79. The zero-order chi connectivity index (χ0) is 13.0. The molecular formula is C14H15NO2S. The lowest BCUT2D eigenvalue weighted by atomic mass is 10.2. The summed E-state index contributed by atoms with van der Waals surface area (Å²) in [5.74, 6) is 0.576. The van der Waals surface area contributed by atoms with E-state index in [0.29, 0.717) is 17.0 Å². The standard InChI is InChI=1S/C14H15NO2S/c1-10(2)17-13-6-4-3-5-12(13)15-14(16)11-7-8-18-9-11/h3-10H,1-2H3,(H,15,16). The fraction of sp³-hybridized carbons (Fsp3) is 0.214. The molecule has 0 aliphatic carbocycles. The van der Waals surface area contributed by atoms with Gasteiger partial charge in [-0.25, -0.2) is 0 Å². The zero-order valence-corrected chi connectivity index (χ0v) is 11.2. The minimum atomic E-state index is -0.115. The first kappa shape index (κ1) is 12.6. The maximum Gasteiger partial charge on any atom is 0.256 e. The molecule has 0 aliphatic rings. The number of carbonyl (C=O) groups excluding carboxylic acids is 1. The maximum absolute atomic E-state index is 12.0. The van der Waals surface area contributed by atoms with Gasteiger partial charge < -0.3 is 10.1 Å². The number of rotatable bonds is 4. The van der Waals surface area contributed by atoms with Gasteiger partial charge in [0.25, 0.3) is 5.91 Å². The summed E-state index contributed by atoms with van der Waals surface area (Å²) < 4.78 is 5.65. The zero-order valence-electron chi connectivity index (χ0n) is 10.3. The van der Waals surface area contributed by atoms with Gasteiger partial charge in [0.1, 0.15) is 5.75 Å². The molecule has 0 bridgehead atoms. The third kappa shape index (κ3) is 3.11. The molecule has 0 saturated carbocycles. The number of hydrogen-bond acceptors (Lipinski definition) is 3. The van der Waals surface area contributed by atoms with Crippen LogP contribution in [0.1, 0.15) is 24.2 Å². The Morgan fingerprint density at radius 2 is 2.06 bits per heavy atom. The molecule has 0 saturated heterocycles. The van der Waals surface area contributed by atoms with Crippen molar-refractivity contribution in [2.24, 2.45) is 0 Å². The number of para-hydroxylation sites is 2. The summed E-state index contributed by atoms with van der Waals surface area (Å²) in [4.78, 5) is 12.0. The normalized spacial score (nSPS) is 10.4. The van der Waals surface area contributed by atoms with E-state index >= 15 is 0 Å². The van der Waals surface area contributed by atoms with Crippen LogP contribution in [-0.4, -0.2) is 12.0 Å². The highest BCUT2D eigenvalue weighted by molar-refractivity contribution is 7.08. The number of carbonyl (C=O) groups is 1. The Morgan fingerprint density at radius 1 is 1.28 bits per heavy atom. The minimum absolute atomic E-state index is 0.0733. The van der Waals surface area contributed by atoms with Gasteiger partial charge in [0, 0.05) is 5.38 Å². The van der Waals surface area contributed by atoms with Crippen LogP contribution in [0.5, 0.6) is 5.75 Å². The van der Waals surface area contributed by atoms with Gasteiger partial charge in [0.15, 0.2) is 0 Å². The molecule has 0 radical (unpaired) electrons. The lowest BCUT2D eigenvalue weighted by Gasteiger charge is -2.14.